The van der Waals surface area contributed by atoms with Crippen LogP contribution in [-0.4, -0.2) is 21.7 Å². The van der Waals surface area contributed by atoms with E-state index in [1.54, 1.807) is 0 Å². The Bertz CT molecular complexity index is 1650. The first-order valence-corrected chi connectivity index (χ1v) is 25.0. The summed E-state index contributed by atoms with van der Waals surface area (Å²) in [6.45, 7) is 16.9. The zero-order chi connectivity index (χ0) is 35.1. The zero-order valence-electron chi connectivity index (χ0n) is 29.5. The van der Waals surface area contributed by atoms with Gasteiger partial charge in [-0.05, 0) is 75.9 Å². The van der Waals surface area contributed by atoms with Crippen LogP contribution in [0.25, 0.3) is 43.8 Å². The Balaban J connectivity index is 0.000000224. The van der Waals surface area contributed by atoms with Crippen LogP contribution in [0.4, 0.5) is 0 Å². The second-order valence-electron chi connectivity index (χ2n) is 12.0. The Kier molecular flexibility index (Phi) is 17.2. The maximum absolute atomic E-state index is 5.71. The van der Waals surface area contributed by atoms with Crippen LogP contribution in [0.1, 0.15) is 52.7 Å². The first-order chi connectivity index (χ1) is 23.2. The van der Waals surface area contributed by atoms with Gasteiger partial charge in [0.15, 0.2) is 0 Å². The fourth-order valence-corrected chi connectivity index (χ4v) is 5.48. The number of fused-ring (bicyclic) bond motifs is 2. The average Bonchev–Trinajstić information content (AvgIpc) is 3.70. The molecule has 2 nitrogen and oxygen atoms in total. The van der Waals surface area contributed by atoms with Gasteiger partial charge in [0.1, 0.15) is 11.5 Å². The topological polar surface area (TPSA) is 18.5 Å². The van der Waals surface area contributed by atoms with Gasteiger partial charge in [-0.1, -0.05) is 74.5 Å². The Labute approximate surface area is 310 Å². The molecule has 48 heavy (non-hydrogen) atoms. The van der Waals surface area contributed by atoms with Gasteiger partial charge >= 0.3 is 37.9 Å². The summed E-state index contributed by atoms with van der Waals surface area (Å²) in [6.07, 6.45) is 2.58. The van der Waals surface area contributed by atoms with Crippen LogP contribution in [0.2, 0.25) is 13.1 Å². The number of hydrogen-bond acceptors (Lipinski definition) is 2. The van der Waals surface area contributed by atoms with Gasteiger partial charge < -0.3 is 9.47 Å². The van der Waals surface area contributed by atoms with Crippen LogP contribution >= 0.6 is 17.0 Å². The number of rotatable bonds is 8. The van der Waals surface area contributed by atoms with E-state index in [1.165, 1.54) is 54.9 Å². The molecule has 2 radical (unpaired) electrons. The minimum absolute atomic E-state index is 0.210. The van der Waals surface area contributed by atoms with Crippen molar-refractivity contribution in [1.82, 2.24) is 0 Å². The van der Waals surface area contributed by atoms with E-state index in [1.807, 2.05) is 27.7 Å². The van der Waals surface area contributed by atoms with Crippen molar-refractivity contribution in [3.05, 3.63) is 120 Å². The number of aryl methyl sites for hydroxylation is 2. The molecule has 0 heterocycles. The Morgan fingerprint density at radius 1 is 0.604 bits per heavy atom. The molecule has 0 amide bonds. The molecule has 0 atom stereocenters. The van der Waals surface area contributed by atoms with Gasteiger partial charge in [-0.15, -0.1) is 69.1 Å². The van der Waals surface area contributed by atoms with E-state index in [4.69, 9.17) is 26.5 Å². The zero-order valence-corrected chi connectivity index (χ0v) is 34.5. The molecule has 0 aromatic heterocycles. The van der Waals surface area contributed by atoms with Crippen molar-refractivity contribution >= 4 is 48.1 Å². The summed E-state index contributed by atoms with van der Waals surface area (Å²) in [5, 5.41) is 5.33. The van der Waals surface area contributed by atoms with Gasteiger partial charge in [0.25, 0.3) is 0 Å². The van der Waals surface area contributed by atoms with Crippen LogP contribution < -0.4 is 9.47 Å². The SMILES string of the molecule is CCc1cc2c(-c3ccc(OC(C)C)cc3)cccc2[cH-]1.CCc1cc2c(-c3ccc(OC(C)C)cc3)cccc2[cH-]1.C[Si]C.[Cl][Zr+2][Cl]. The Hall–Kier alpha value is -2.62. The molecule has 0 saturated heterocycles. The molecular formula is C42H48Cl2O2SiZr. The van der Waals surface area contributed by atoms with Crippen molar-refractivity contribution in [1.29, 1.82) is 0 Å². The first-order valence-electron chi connectivity index (χ1n) is 16.6. The van der Waals surface area contributed by atoms with Gasteiger partial charge in [-0.3, -0.25) is 0 Å². The van der Waals surface area contributed by atoms with Crippen LogP contribution in [0.3, 0.4) is 0 Å². The van der Waals surface area contributed by atoms with Gasteiger partial charge in [0.05, 0.1) is 12.2 Å². The van der Waals surface area contributed by atoms with E-state index in [0.29, 0.717) is 0 Å². The predicted molar refractivity (Wildman–Crippen MR) is 209 cm³/mol. The maximum atomic E-state index is 5.71. The normalized spacial score (nSPS) is 10.4. The number of halogens is 2. The first kappa shape index (κ1) is 39.8. The molecule has 0 N–H and O–H groups in total. The van der Waals surface area contributed by atoms with Crippen molar-refractivity contribution in [3.63, 3.8) is 0 Å². The van der Waals surface area contributed by atoms with Gasteiger partial charge in [0.2, 0.25) is 0 Å². The van der Waals surface area contributed by atoms with Gasteiger partial charge in [-0.25, -0.2) is 0 Å². The van der Waals surface area contributed by atoms with Gasteiger partial charge in [-0.2, -0.15) is 12.1 Å². The van der Waals surface area contributed by atoms with E-state index >= 15 is 0 Å². The standard InChI is InChI=1S/2C20H21O.C2H6Si.2ClH.Zr/c2*1-4-15-12-17-6-5-7-19(20(17)13-15)16-8-10-18(11-9-16)21-14(2)3;1-3-2;;;/h2*5-14H,4H2,1-3H3;1-2H3;2*1H;/q2*-1;;;;+4/p-2. The van der Waals surface area contributed by atoms with Crippen molar-refractivity contribution in [2.75, 3.05) is 0 Å². The van der Waals surface area contributed by atoms with E-state index in [-0.39, 0.29) is 12.2 Å². The molecule has 250 valence electrons. The van der Waals surface area contributed by atoms with Crippen molar-refractivity contribution in [2.24, 2.45) is 0 Å². The predicted octanol–water partition coefficient (Wildman–Crippen LogP) is 13.3. The van der Waals surface area contributed by atoms with E-state index in [2.05, 4.69) is 136 Å². The van der Waals surface area contributed by atoms with Crippen LogP contribution in [0.15, 0.2) is 109 Å². The van der Waals surface area contributed by atoms with Crippen LogP contribution in [-0.2, 0) is 33.7 Å². The average molecular weight is 775 g/mol. The number of hydrogen-bond donors (Lipinski definition) is 0. The fourth-order valence-electron chi connectivity index (χ4n) is 5.48. The molecule has 0 aliphatic rings. The summed E-state index contributed by atoms with van der Waals surface area (Å²) < 4.78 is 11.4. The molecule has 0 aliphatic carbocycles. The van der Waals surface area contributed by atoms with E-state index in [9.17, 15) is 0 Å². The van der Waals surface area contributed by atoms with Crippen LogP contribution in [0.5, 0.6) is 11.5 Å². The summed E-state index contributed by atoms with van der Waals surface area (Å²) in [7, 11) is 11.0. The van der Waals surface area contributed by atoms with Crippen LogP contribution in [0, 0.1) is 0 Å². The third-order valence-electron chi connectivity index (χ3n) is 7.51. The molecule has 6 aromatic carbocycles. The molecule has 6 aromatic rings. The monoisotopic (exact) mass is 772 g/mol. The van der Waals surface area contributed by atoms with Crippen molar-refractivity contribution in [3.8, 4) is 33.8 Å². The quantitative estimate of drug-likeness (QED) is 0.113. The summed E-state index contributed by atoms with van der Waals surface area (Å²) >= 11 is -0.826. The molecular weight excluding hydrogens is 727 g/mol. The molecule has 6 heteroatoms. The minimum atomic E-state index is -0.826. The molecule has 0 unspecified atom stereocenters. The second-order valence-corrected chi connectivity index (χ2v) is 16.7. The third kappa shape index (κ3) is 11.8. The van der Waals surface area contributed by atoms with Gasteiger partial charge in [0, 0.05) is 9.52 Å². The summed E-state index contributed by atoms with van der Waals surface area (Å²) in [5.41, 5.74) is 7.87. The number of ether oxygens (including phenoxy) is 2. The summed E-state index contributed by atoms with van der Waals surface area (Å²) in [4.78, 5) is 0. The summed E-state index contributed by atoms with van der Waals surface area (Å²) in [6, 6.07) is 39.0. The third-order valence-corrected chi connectivity index (χ3v) is 7.51. The molecule has 0 saturated carbocycles. The molecule has 0 fully saturated rings. The van der Waals surface area contributed by atoms with Crippen molar-refractivity contribution in [2.45, 2.75) is 79.7 Å². The number of benzene rings is 4. The van der Waals surface area contributed by atoms with Crippen molar-refractivity contribution < 1.29 is 30.3 Å². The molecule has 6 rings (SSSR count). The van der Waals surface area contributed by atoms with E-state index < -0.39 is 20.8 Å². The second kappa shape index (κ2) is 20.8. The Morgan fingerprint density at radius 2 is 0.938 bits per heavy atom. The molecule has 0 spiro atoms. The summed E-state index contributed by atoms with van der Waals surface area (Å²) in [5.74, 6) is 1.86. The van der Waals surface area contributed by atoms with E-state index in [0.717, 1.165) is 33.9 Å². The molecule has 0 aliphatic heterocycles. The molecule has 0 bridgehead atoms. The fraction of sp³-hybridized carbons (Fsp3) is 0.286. The Morgan fingerprint density at radius 3 is 1.23 bits per heavy atom.